The molecule has 0 bridgehead atoms. The minimum absolute atomic E-state index is 0.0539. The molecule has 0 spiro atoms. The fraction of sp³-hybridized carbons (Fsp3) is 0.824. The summed E-state index contributed by atoms with van der Waals surface area (Å²) in [6.07, 6.45) is 7.02. The van der Waals surface area contributed by atoms with Gasteiger partial charge in [0.2, 0.25) is 5.91 Å². The van der Waals surface area contributed by atoms with Gasteiger partial charge in [0.1, 0.15) is 5.71 Å². The first-order valence-electron chi connectivity index (χ1n) is 9.21. The Labute approximate surface area is 149 Å². The molecular weight excluding hydrogens is 342 g/mol. The first-order valence-corrected chi connectivity index (χ1v) is 11.0. The van der Waals surface area contributed by atoms with Gasteiger partial charge in [0.15, 0.2) is 9.84 Å². The lowest BCUT2D eigenvalue weighted by atomic mass is 9.89. The van der Waals surface area contributed by atoms with Gasteiger partial charge in [-0.1, -0.05) is 19.3 Å². The zero-order chi connectivity index (χ0) is 18.0. The predicted molar refractivity (Wildman–Crippen MR) is 94.8 cm³/mol. The monoisotopic (exact) mass is 369 g/mol. The van der Waals surface area contributed by atoms with E-state index in [2.05, 4.69) is 5.10 Å². The number of sulfone groups is 1. The van der Waals surface area contributed by atoms with E-state index in [0.29, 0.717) is 24.5 Å². The maximum absolute atomic E-state index is 12.7. The lowest BCUT2D eigenvalue weighted by Crippen LogP contribution is -2.45. The van der Waals surface area contributed by atoms with Crippen molar-refractivity contribution in [2.45, 2.75) is 57.4 Å². The summed E-state index contributed by atoms with van der Waals surface area (Å²) in [6.45, 7) is 0.726. The molecule has 0 aromatic heterocycles. The minimum atomic E-state index is -3.10. The Bertz CT molecular complexity index is 667. The number of carbonyl (C=O) groups excluding carboxylic acids is 2. The number of nitrogens with zero attached hydrogens (tertiary/aromatic N) is 3. The van der Waals surface area contributed by atoms with E-state index >= 15 is 0 Å². The van der Waals surface area contributed by atoms with Crippen LogP contribution in [0.3, 0.4) is 0 Å². The van der Waals surface area contributed by atoms with E-state index in [1.165, 1.54) is 24.3 Å². The van der Waals surface area contributed by atoms with Crippen molar-refractivity contribution in [3.8, 4) is 0 Å². The number of hydrogen-bond donors (Lipinski definition) is 0. The van der Waals surface area contributed by atoms with Crippen LogP contribution in [-0.4, -0.2) is 67.0 Å². The minimum Gasteiger partial charge on any atom is -0.340 e. The fourth-order valence-corrected chi connectivity index (χ4v) is 5.73. The van der Waals surface area contributed by atoms with Gasteiger partial charge < -0.3 is 4.90 Å². The summed E-state index contributed by atoms with van der Waals surface area (Å²) in [5.74, 6) is 0.255. The van der Waals surface area contributed by atoms with Crippen molar-refractivity contribution >= 4 is 27.4 Å². The zero-order valence-electron chi connectivity index (χ0n) is 14.8. The zero-order valence-corrected chi connectivity index (χ0v) is 15.6. The van der Waals surface area contributed by atoms with Crippen LogP contribution in [-0.2, 0) is 19.4 Å². The Morgan fingerprint density at radius 1 is 1.20 bits per heavy atom. The van der Waals surface area contributed by atoms with Crippen LogP contribution in [0.5, 0.6) is 0 Å². The van der Waals surface area contributed by atoms with Crippen LogP contribution in [0.2, 0.25) is 0 Å². The van der Waals surface area contributed by atoms with Crippen molar-refractivity contribution in [1.29, 1.82) is 0 Å². The topological polar surface area (TPSA) is 87.1 Å². The van der Waals surface area contributed by atoms with E-state index < -0.39 is 15.9 Å². The molecule has 7 nitrogen and oxygen atoms in total. The Morgan fingerprint density at radius 2 is 1.92 bits per heavy atom. The molecule has 0 radical (unpaired) electrons. The van der Waals surface area contributed by atoms with E-state index in [-0.39, 0.29) is 29.7 Å². The molecule has 0 N–H and O–H groups in total. The number of rotatable bonds is 4. The standard InChI is InChI=1S/C17H27N3O4S/c1-19(11-13-5-3-2-4-6-13)17(22)15-7-8-16(21)20(18-15)14-9-10-25(23,24)12-14/h13-14H,2-12H2,1H3. The van der Waals surface area contributed by atoms with Crippen LogP contribution in [0.4, 0.5) is 0 Å². The van der Waals surface area contributed by atoms with Crippen LogP contribution in [0, 0.1) is 5.92 Å². The second kappa shape index (κ2) is 7.43. The summed E-state index contributed by atoms with van der Waals surface area (Å²) in [4.78, 5) is 26.6. The molecule has 2 heterocycles. The summed E-state index contributed by atoms with van der Waals surface area (Å²) in [7, 11) is -1.31. The highest BCUT2D eigenvalue weighted by molar-refractivity contribution is 7.91. The summed E-state index contributed by atoms with van der Waals surface area (Å²) >= 11 is 0. The van der Waals surface area contributed by atoms with Crippen LogP contribution in [0.25, 0.3) is 0 Å². The molecule has 140 valence electrons. The molecule has 1 saturated heterocycles. The lowest BCUT2D eigenvalue weighted by molar-refractivity contribution is -0.134. The van der Waals surface area contributed by atoms with Crippen LogP contribution >= 0.6 is 0 Å². The largest absolute Gasteiger partial charge is 0.340 e. The normalized spacial score (nSPS) is 27.2. The highest BCUT2D eigenvalue weighted by Crippen LogP contribution is 2.25. The Balaban J connectivity index is 1.66. The molecular formula is C17H27N3O4S. The van der Waals surface area contributed by atoms with Gasteiger partial charge in [-0.15, -0.1) is 0 Å². The molecule has 2 aliphatic heterocycles. The molecule has 1 aliphatic carbocycles. The smallest absolute Gasteiger partial charge is 0.269 e. The van der Waals surface area contributed by atoms with Crippen molar-refractivity contribution in [3.63, 3.8) is 0 Å². The van der Waals surface area contributed by atoms with Crippen LogP contribution in [0.15, 0.2) is 5.10 Å². The third kappa shape index (κ3) is 4.40. The van der Waals surface area contributed by atoms with Gasteiger partial charge >= 0.3 is 0 Å². The first-order chi connectivity index (χ1) is 11.9. The molecule has 3 rings (SSSR count). The lowest BCUT2D eigenvalue weighted by Gasteiger charge is -2.30. The third-order valence-electron chi connectivity index (χ3n) is 5.46. The maximum Gasteiger partial charge on any atom is 0.269 e. The third-order valence-corrected chi connectivity index (χ3v) is 7.21. The molecule has 25 heavy (non-hydrogen) atoms. The second-order valence-corrected chi connectivity index (χ2v) is 9.76. The first kappa shape index (κ1) is 18.4. The van der Waals surface area contributed by atoms with Crippen molar-refractivity contribution in [3.05, 3.63) is 0 Å². The molecule has 2 fully saturated rings. The van der Waals surface area contributed by atoms with Crippen molar-refractivity contribution in [2.75, 3.05) is 25.1 Å². The average Bonchev–Trinajstić information content (AvgIpc) is 2.95. The summed E-state index contributed by atoms with van der Waals surface area (Å²) in [6, 6.07) is -0.427. The Kier molecular flexibility index (Phi) is 5.46. The van der Waals surface area contributed by atoms with E-state index in [0.717, 1.165) is 19.4 Å². The molecule has 1 saturated carbocycles. The van der Waals surface area contributed by atoms with E-state index in [4.69, 9.17) is 0 Å². The Hall–Kier alpha value is -1.44. The van der Waals surface area contributed by atoms with Crippen LogP contribution < -0.4 is 0 Å². The predicted octanol–water partition coefficient (Wildman–Crippen LogP) is 1.19. The fourth-order valence-electron chi connectivity index (χ4n) is 4.04. The molecule has 1 atom stereocenters. The second-order valence-electron chi connectivity index (χ2n) is 7.53. The van der Waals surface area contributed by atoms with Gasteiger partial charge in [0.05, 0.1) is 17.5 Å². The Morgan fingerprint density at radius 3 is 2.56 bits per heavy atom. The number of hydrazone groups is 1. The van der Waals surface area contributed by atoms with E-state index in [1.54, 1.807) is 11.9 Å². The highest BCUT2D eigenvalue weighted by atomic mass is 32.2. The molecule has 3 aliphatic rings. The molecule has 1 unspecified atom stereocenters. The van der Waals surface area contributed by atoms with Crippen LogP contribution in [0.1, 0.15) is 51.4 Å². The van der Waals surface area contributed by atoms with Gasteiger partial charge in [-0.25, -0.2) is 13.4 Å². The van der Waals surface area contributed by atoms with Crippen molar-refractivity contribution in [1.82, 2.24) is 9.91 Å². The number of hydrogen-bond acceptors (Lipinski definition) is 5. The number of carbonyl (C=O) groups is 2. The van der Waals surface area contributed by atoms with Crippen molar-refractivity contribution in [2.24, 2.45) is 11.0 Å². The van der Waals surface area contributed by atoms with Gasteiger partial charge in [0, 0.05) is 26.4 Å². The van der Waals surface area contributed by atoms with Crippen molar-refractivity contribution < 1.29 is 18.0 Å². The van der Waals surface area contributed by atoms with Gasteiger partial charge in [-0.05, 0) is 25.2 Å². The quantitative estimate of drug-likeness (QED) is 0.745. The summed E-state index contributed by atoms with van der Waals surface area (Å²) in [5.41, 5.74) is 0.377. The van der Waals surface area contributed by atoms with Gasteiger partial charge in [0.25, 0.3) is 5.91 Å². The van der Waals surface area contributed by atoms with E-state index in [1.807, 2.05) is 0 Å². The maximum atomic E-state index is 12.7. The molecule has 0 aromatic rings. The van der Waals surface area contributed by atoms with Gasteiger partial charge in [-0.2, -0.15) is 5.10 Å². The molecule has 0 aromatic carbocycles. The average molecular weight is 369 g/mol. The van der Waals surface area contributed by atoms with E-state index in [9.17, 15) is 18.0 Å². The highest BCUT2D eigenvalue weighted by Gasteiger charge is 2.37. The summed E-state index contributed by atoms with van der Waals surface area (Å²) < 4.78 is 23.3. The van der Waals surface area contributed by atoms with Gasteiger partial charge in [-0.3, -0.25) is 9.59 Å². The molecule has 2 amide bonds. The molecule has 8 heteroatoms. The summed E-state index contributed by atoms with van der Waals surface area (Å²) in [5, 5.41) is 5.53. The SMILES string of the molecule is CN(CC1CCCCC1)C(=O)C1=NN(C2CCS(=O)(=O)C2)C(=O)CC1. The number of amides is 2.